The summed E-state index contributed by atoms with van der Waals surface area (Å²) in [6.45, 7) is 17.1. The maximum Gasteiger partial charge on any atom is 0.407 e. The molecule has 198 valence electrons. The summed E-state index contributed by atoms with van der Waals surface area (Å²) >= 11 is 0. The Kier molecular flexibility index (Phi) is 10.6. The predicted octanol–water partition coefficient (Wildman–Crippen LogP) is 3.69. The molecule has 0 aliphatic heterocycles. The molecule has 6 N–H and O–H groups in total. The highest BCUT2D eigenvalue weighted by molar-refractivity contribution is 5.98. The van der Waals surface area contributed by atoms with Crippen molar-refractivity contribution >= 4 is 23.6 Å². The third kappa shape index (κ3) is 11.0. The number of carbonyl (C=O) groups is 3. The van der Waals surface area contributed by atoms with E-state index in [1.807, 2.05) is 20.8 Å². The zero-order chi connectivity index (χ0) is 27.1. The first-order chi connectivity index (χ1) is 15.9. The highest BCUT2D eigenvalue weighted by Gasteiger charge is 2.27. The standard InChI is InChI=1S/C26H44N4O5/c1-15(25(4,5)6)12-19(29-24(34)35-26(7,8)9)13-18-10-11-21(31)20(14-18)30-23(33)17(3)28-22(32)16(2)27/h10-11,14-17,19,31H,12-13,27H2,1-9H3,(H,28,32)(H,29,34)(H,30,33)/t15?,16?,17?,19-/m1/s1. The van der Waals surface area contributed by atoms with E-state index in [1.54, 1.807) is 12.1 Å². The molecule has 3 amide bonds. The van der Waals surface area contributed by atoms with Gasteiger partial charge in [-0.05, 0) is 76.5 Å². The Hall–Kier alpha value is -2.81. The number of phenols is 1. The molecule has 0 fully saturated rings. The number of rotatable bonds is 9. The minimum absolute atomic E-state index is 0.0452. The number of anilines is 1. The second-order valence-corrected chi connectivity index (χ2v) is 11.4. The zero-order valence-corrected chi connectivity index (χ0v) is 22.6. The second kappa shape index (κ2) is 12.2. The van der Waals surface area contributed by atoms with Crippen molar-refractivity contribution in [3.63, 3.8) is 0 Å². The summed E-state index contributed by atoms with van der Waals surface area (Å²) in [6.07, 6.45) is 0.695. The Labute approximate surface area is 209 Å². The van der Waals surface area contributed by atoms with Crippen molar-refractivity contribution in [3.8, 4) is 5.75 Å². The highest BCUT2D eigenvalue weighted by atomic mass is 16.6. The van der Waals surface area contributed by atoms with Gasteiger partial charge in [0.15, 0.2) is 0 Å². The van der Waals surface area contributed by atoms with Gasteiger partial charge < -0.3 is 31.5 Å². The Bertz CT molecular complexity index is 887. The van der Waals surface area contributed by atoms with Gasteiger partial charge in [0.1, 0.15) is 17.4 Å². The molecule has 35 heavy (non-hydrogen) atoms. The van der Waals surface area contributed by atoms with Gasteiger partial charge in [0.2, 0.25) is 11.8 Å². The summed E-state index contributed by atoms with van der Waals surface area (Å²) in [5, 5.41) is 18.4. The molecule has 0 aromatic heterocycles. The van der Waals surface area contributed by atoms with E-state index >= 15 is 0 Å². The Morgan fingerprint density at radius 1 is 1.00 bits per heavy atom. The van der Waals surface area contributed by atoms with Crippen LogP contribution in [0.2, 0.25) is 0 Å². The van der Waals surface area contributed by atoms with Gasteiger partial charge in [0, 0.05) is 6.04 Å². The van der Waals surface area contributed by atoms with Crippen LogP contribution in [0.5, 0.6) is 5.75 Å². The van der Waals surface area contributed by atoms with Crippen molar-refractivity contribution in [3.05, 3.63) is 23.8 Å². The van der Waals surface area contributed by atoms with Gasteiger partial charge in [0.25, 0.3) is 0 Å². The van der Waals surface area contributed by atoms with Crippen LogP contribution in [0.25, 0.3) is 0 Å². The Morgan fingerprint density at radius 3 is 2.11 bits per heavy atom. The lowest BCUT2D eigenvalue weighted by Crippen LogP contribution is -2.47. The summed E-state index contributed by atoms with van der Waals surface area (Å²) in [5.74, 6) is -0.744. The Balaban J connectivity index is 3.04. The number of phenolic OH excluding ortho intramolecular Hbond substituents is 1. The van der Waals surface area contributed by atoms with E-state index in [1.165, 1.54) is 19.9 Å². The van der Waals surface area contributed by atoms with Crippen LogP contribution in [0.15, 0.2) is 18.2 Å². The fourth-order valence-corrected chi connectivity index (χ4v) is 3.19. The zero-order valence-electron chi connectivity index (χ0n) is 22.6. The molecule has 9 nitrogen and oxygen atoms in total. The number of carbonyl (C=O) groups excluding carboxylic acids is 3. The summed E-state index contributed by atoms with van der Waals surface area (Å²) in [5.41, 5.74) is 5.99. The number of ether oxygens (including phenoxy) is 1. The number of nitrogens with one attached hydrogen (secondary N) is 3. The number of hydrogen-bond donors (Lipinski definition) is 5. The van der Waals surface area contributed by atoms with E-state index in [0.29, 0.717) is 18.8 Å². The average molecular weight is 493 g/mol. The normalized spacial score (nSPS) is 15.4. The van der Waals surface area contributed by atoms with Crippen LogP contribution >= 0.6 is 0 Å². The molecule has 0 bridgehead atoms. The number of aromatic hydroxyl groups is 1. The van der Waals surface area contributed by atoms with Gasteiger partial charge in [-0.3, -0.25) is 9.59 Å². The van der Waals surface area contributed by atoms with Crippen LogP contribution in [0.4, 0.5) is 10.5 Å². The Morgan fingerprint density at radius 2 is 1.60 bits per heavy atom. The lowest BCUT2D eigenvalue weighted by Gasteiger charge is -2.32. The smallest absolute Gasteiger partial charge is 0.407 e. The maximum atomic E-state index is 12.5. The van der Waals surface area contributed by atoms with Crippen molar-refractivity contribution in [2.75, 3.05) is 5.32 Å². The summed E-state index contributed by atoms with van der Waals surface area (Å²) < 4.78 is 5.45. The summed E-state index contributed by atoms with van der Waals surface area (Å²) in [6, 6.07) is 3.10. The molecule has 0 aliphatic carbocycles. The van der Waals surface area contributed by atoms with Gasteiger partial charge >= 0.3 is 6.09 Å². The van der Waals surface area contributed by atoms with Crippen LogP contribution in [0.3, 0.4) is 0 Å². The van der Waals surface area contributed by atoms with E-state index in [9.17, 15) is 19.5 Å². The molecule has 0 aliphatic rings. The first-order valence-electron chi connectivity index (χ1n) is 12.1. The van der Waals surface area contributed by atoms with E-state index in [4.69, 9.17) is 10.5 Å². The minimum atomic E-state index is -0.842. The predicted molar refractivity (Wildman–Crippen MR) is 138 cm³/mol. The first kappa shape index (κ1) is 30.2. The van der Waals surface area contributed by atoms with Crippen molar-refractivity contribution in [1.82, 2.24) is 10.6 Å². The molecular weight excluding hydrogens is 448 g/mol. The largest absolute Gasteiger partial charge is 0.506 e. The lowest BCUT2D eigenvalue weighted by molar-refractivity contribution is -0.126. The number of alkyl carbamates (subject to hydrolysis) is 1. The van der Waals surface area contributed by atoms with Crippen molar-refractivity contribution < 1.29 is 24.2 Å². The maximum absolute atomic E-state index is 12.5. The number of hydrogen-bond acceptors (Lipinski definition) is 6. The fraction of sp³-hybridized carbons (Fsp3) is 0.654. The molecule has 0 saturated heterocycles. The molecule has 1 aromatic rings. The minimum Gasteiger partial charge on any atom is -0.506 e. The van der Waals surface area contributed by atoms with Crippen LogP contribution in [0, 0.1) is 11.3 Å². The van der Waals surface area contributed by atoms with E-state index in [0.717, 1.165) is 5.56 Å². The molecule has 0 spiro atoms. The van der Waals surface area contributed by atoms with Gasteiger partial charge in [0.05, 0.1) is 11.7 Å². The van der Waals surface area contributed by atoms with Crippen LogP contribution in [-0.2, 0) is 20.7 Å². The molecule has 1 aromatic carbocycles. The second-order valence-electron chi connectivity index (χ2n) is 11.4. The lowest BCUT2D eigenvalue weighted by atomic mass is 9.78. The van der Waals surface area contributed by atoms with Gasteiger partial charge in [-0.25, -0.2) is 4.79 Å². The molecule has 1 rings (SSSR count). The number of benzene rings is 1. The SMILES string of the molecule is CC(N)C(=O)NC(C)C(=O)Nc1cc(C[C@@H](CC(C)C(C)(C)C)NC(=O)OC(C)(C)C)ccc1O. The van der Waals surface area contributed by atoms with Crippen LogP contribution in [-0.4, -0.2) is 46.7 Å². The molecule has 4 atom stereocenters. The monoisotopic (exact) mass is 492 g/mol. The van der Waals surface area contributed by atoms with Crippen LogP contribution in [0.1, 0.15) is 74.3 Å². The number of nitrogens with two attached hydrogens (primary N) is 1. The van der Waals surface area contributed by atoms with Crippen molar-refractivity contribution in [2.45, 2.75) is 98.9 Å². The third-order valence-corrected chi connectivity index (χ3v) is 5.80. The third-order valence-electron chi connectivity index (χ3n) is 5.80. The molecular formula is C26H44N4O5. The number of amides is 3. The van der Waals surface area contributed by atoms with Gasteiger partial charge in [-0.2, -0.15) is 0 Å². The molecule has 0 heterocycles. The van der Waals surface area contributed by atoms with Gasteiger partial charge in [-0.15, -0.1) is 0 Å². The van der Waals surface area contributed by atoms with E-state index in [-0.39, 0.29) is 22.9 Å². The average Bonchev–Trinajstić information content (AvgIpc) is 2.67. The first-order valence-corrected chi connectivity index (χ1v) is 12.1. The summed E-state index contributed by atoms with van der Waals surface area (Å²) in [7, 11) is 0. The van der Waals surface area contributed by atoms with E-state index in [2.05, 4.69) is 43.6 Å². The molecule has 0 radical (unpaired) electrons. The molecule has 9 heteroatoms. The van der Waals surface area contributed by atoms with Crippen molar-refractivity contribution in [2.24, 2.45) is 17.1 Å². The fourth-order valence-electron chi connectivity index (χ4n) is 3.19. The highest BCUT2D eigenvalue weighted by Crippen LogP contribution is 2.31. The van der Waals surface area contributed by atoms with Crippen LogP contribution < -0.4 is 21.7 Å². The molecule has 3 unspecified atom stereocenters. The van der Waals surface area contributed by atoms with Gasteiger partial charge in [-0.1, -0.05) is 33.8 Å². The summed E-state index contributed by atoms with van der Waals surface area (Å²) in [4.78, 5) is 36.8. The quantitative estimate of drug-likeness (QED) is 0.333. The molecule has 0 saturated carbocycles. The van der Waals surface area contributed by atoms with Crippen molar-refractivity contribution in [1.29, 1.82) is 0 Å². The van der Waals surface area contributed by atoms with E-state index < -0.39 is 35.6 Å². The topological polar surface area (TPSA) is 143 Å².